The van der Waals surface area contributed by atoms with Gasteiger partial charge in [-0.25, -0.2) is 4.79 Å². The molecule has 2 atom stereocenters. The molecule has 1 heterocycles. The molecule has 1 N–H and O–H groups in total. The van der Waals surface area contributed by atoms with E-state index < -0.39 is 65.7 Å². The fourth-order valence-corrected chi connectivity index (χ4v) is 5.97. The average Bonchev–Trinajstić information content (AvgIpc) is 3.23. The number of carboxylic acid groups (broad SMARTS) is 1. The van der Waals surface area contributed by atoms with Gasteiger partial charge in [-0.3, -0.25) is 14.5 Å². The molecule has 8 nitrogen and oxygen atoms in total. The molecule has 14 heteroatoms. The van der Waals surface area contributed by atoms with Crippen LogP contribution in [0.25, 0.3) is 5.57 Å². The number of carbonyl (C=O) groups excluding carboxylic acids is 2. The van der Waals surface area contributed by atoms with Crippen LogP contribution in [0.2, 0.25) is 0 Å². The normalized spacial score (nSPS) is 20.1. The lowest BCUT2D eigenvalue weighted by Crippen LogP contribution is -2.35. The maximum absolute atomic E-state index is 13.5. The number of methoxy groups -OCH3 is 1. The van der Waals surface area contributed by atoms with Crippen LogP contribution >= 0.6 is 0 Å². The van der Waals surface area contributed by atoms with Crippen LogP contribution in [0.1, 0.15) is 78.7 Å². The van der Waals surface area contributed by atoms with E-state index in [2.05, 4.69) is 0 Å². The second-order valence-corrected chi connectivity index (χ2v) is 12.4. The number of nitrogens with zero attached hydrogens (tertiary/aromatic N) is 2. The zero-order valence-corrected chi connectivity index (χ0v) is 25.8. The van der Waals surface area contributed by atoms with Crippen LogP contribution in [0.3, 0.4) is 0 Å². The highest BCUT2D eigenvalue weighted by molar-refractivity contribution is 5.97. The van der Waals surface area contributed by atoms with Gasteiger partial charge in [-0.05, 0) is 84.7 Å². The molecule has 0 spiro atoms. The Bertz CT molecular complexity index is 1530. The summed E-state index contributed by atoms with van der Waals surface area (Å²) in [7, 11) is 2.80. The standard InChI is InChI=1S/C32H34F6N2O6/c1-17-27(19-10-21(31(33,34)35)13-22(11-19)32(36,37)38)46-29(44)40(17)15-20-14-30(2,3)9-8-23(20)24-12-18(6-7-25(24)45-5)28(43)39(4)16-26(41)42/h6-7,10-13,17,27H,8-9,14-16H2,1-5H3,(H,41,42)/t17-,27-/m0/s1. The molecule has 250 valence electrons. The number of hydrogen-bond donors (Lipinski definition) is 1. The molecule has 1 saturated heterocycles. The number of carbonyl (C=O) groups is 3. The second kappa shape index (κ2) is 12.5. The molecular formula is C32H34F6N2O6. The van der Waals surface area contributed by atoms with Crippen molar-refractivity contribution in [3.05, 3.63) is 69.8 Å². The fourth-order valence-electron chi connectivity index (χ4n) is 5.97. The van der Waals surface area contributed by atoms with Gasteiger partial charge in [-0.1, -0.05) is 13.8 Å². The molecule has 0 radical (unpaired) electrons. The minimum Gasteiger partial charge on any atom is -0.496 e. The van der Waals surface area contributed by atoms with Crippen molar-refractivity contribution in [2.75, 3.05) is 27.2 Å². The lowest BCUT2D eigenvalue weighted by molar-refractivity contribution is -0.143. The smallest absolute Gasteiger partial charge is 0.416 e. The molecule has 4 rings (SSSR count). The molecule has 0 aromatic heterocycles. The SMILES string of the molecule is COc1ccc(C(=O)N(C)CC(=O)O)cc1C1=C(CN2C(=O)O[C@H](c3cc(C(F)(F)F)cc(C(F)(F)F)c3)[C@@H]2C)CC(C)(C)CC1. The lowest BCUT2D eigenvalue weighted by Gasteiger charge is -2.36. The number of ether oxygens (including phenoxy) is 2. The van der Waals surface area contributed by atoms with Gasteiger partial charge in [0.1, 0.15) is 18.4 Å². The van der Waals surface area contributed by atoms with Gasteiger partial charge in [0.15, 0.2) is 0 Å². The van der Waals surface area contributed by atoms with Gasteiger partial charge in [0, 0.05) is 24.7 Å². The number of alkyl halides is 6. The van der Waals surface area contributed by atoms with Crippen LogP contribution < -0.4 is 4.74 Å². The molecule has 2 amide bonds. The Labute approximate surface area is 261 Å². The summed E-state index contributed by atoms with van der Waals surface area (Å²) in [6.45, 7) is 4.99. The quantitative estimate of drug-likeness (QED) is 0.297. The summed E-state index contributed by atoms with van der Waals surface area (Å²) in [5.41, 5.74) is -1.40. The zero-order valence-electron chi connectivity index (χ0n) is 25.8. The van der Waals surface area contributed by atoms with Crippen molar-refractivity contribution in [3.63, 3.8) is 0 Å². The third-order valence-electron chi connectivity index (χ3n) is 8.35. The van der Waals surface area contributed by atoms with Crippen molar-refractivity contribution in [1.29, 1.82) is 0 Å². The van der Waals surface area contributed by atoms with Crippen molar-refractivity contribution in [2.45, 2.75) is 64.5 Å². The summed E-state index contributed by atoms with van der Waals surface area (Å²) < 4.78 is 92.3. The second-order valence-electron chi connectivity index (χ2n) is 12.4. The predicted octanol–water partition coefficient (Wildman–Crippen LogP) is 7.44. The van der Waals surface area contributed by atoms with E-state index in [9.17, 15) is 40.7 Å². The Morgan fingerprint density at radius 1 is 1.07 bits per heavy atom. The molecule has 1 aliphatic carbocycles. The number of halogens is 6. The first-order chi connectivity index (χ1) is 21.2. The third kappa shape index (κ3) is 7.42. The van der Waals surface area contributed by atoms with Crippen molar-refractivity contribution < 1.29 is 55.3 Å². The first-order valence-corrected chi connectivity index (χ1v) is 14.3. The van der Waals surface area contributed by atoms with E-state index in [-0.39, 0.29) is 23.6 Å². The van der Waals surface area contributed by atoms with E-state index in [0.717, 1.165) is 22.5 Å². The lowest BCUT2D eigenvalue weighted by atomic mass is 9.72. The number of carboxylic acids is 1. The molecule has 0 unspecified atom stereocenters. The molecule has 1 fully saturated rings. The molecular weight excluding hydrogens is 622 g/mol. The van der Waals surface area contributed by atoms with E-state index in [4.69, 9.17) is 14.6 Å². The fraction of sp³-hybridized carbons (Fsp3) is 0.469. The van der Waals surface area contributed by atoms with Gasteiger partial charge in [-0.2, -0.15) is 26.3 Å². The van der Waals surface area contributed by atoms with Gasteiger partial charge in [0.2, 0.25) is 0 Å². The van der Waals surface area contributed by atoms with Crippen LogP contribution in [0.4, 0.5) is 31.1 Å². The van der Waals surface area contributed by atoms with Gasteiger partial charge < -0.3 is 19.5 Å². The number of rotatable bonds is 8. The van der Waals surface area contributed by atoms with E-state index in [1.807, 2.05) is 13.8 Å². The Kier molecular flexibility index (Phi) is 9.43. The summed E-state index contributed by atoms with van der Waals surface area (Å²) in [4.78, 5) is 39.6. The maximum Gasteiger partial charge on any atom is 0.416 e. The highest BCUT2D eigenvalue weighted by atomic mass is 19.4. The minimum atomic E-state index is -5.06. The summed E-state index contributed by atoms with van der Waals surface area (Å²) in [5, 5.41) is 9.11. The molecule has 1 aliphatic heterocycles. The summed E-state index contributed by atoms with van der Waals surface area (Å²) in [6, 6.07) is 4.89. The van der Waals surface area contributed by atoms with E-state index in [0.29, 0.717) is 36.3 Å². The largest absolute Gasteiger partial charge is 0.496 e. The maximum atomic E-state index is 13.5. The van der Waals surface area contributed by atoms with Crippen molar-refractivity contribution in [3.8, 4) is 5.75 Å². The molecule has 2 aromatic rings. The molecule has 46 heavy (non-hydrogen) atoms. The Hall–Kier alpha value is -4.23. The van der Waals surface area contributed by atoms with Gasteiger partial charge in [0.25, 0.3) is 5.91 Å². The molecule has 0 bridgehead atoms. The molecule has 0 saturated carbocycles. The number of amides is 2. The van der Waals surface area contributed by atoms with Crippen LogP contribution in [0, 0.1) is 5.41 Å². The number of hydrogen-bond acceptors (Lipinski definition) is 5. The summed E-state index contributed by atoms with van der Waals surface area (Å²) in [5.74, 6) is -1.31. The van der Waals surface area contributed by atoms with Crippen molar-refractivity contribution >= 4 is 23.5 Å². The Morgan fingerprint density at radius 3 is 2.22 bits per heavy atom. The van der Waals surface area contributed by atoms with Crippen LogP contribution in [0.5, 0.6) is 5.75 Å². The van der Waals surface area contributed by atoms with Crippen LogP contribution in [-0.4, -0.2) is 66.2 Å². The van der Waals surface area contributed by atoms with Crippen LogP contribution in [0.15, 0.2) is 42.0 Å². The van der Waals surface area contributed by atoms with Gasteiger partial charge >= 0.3 is 24.4 Å². The van der Waals surface area contributed by atoms with Crippen LogP contribution in [-0.2, 0) is 21.9 Å². The number of benzene rings is 2. The number of aliphatic carboxylic acids is 1. The first kappa shape index (κ1) is 34.6. The summed E-state index contributed by atoms with van der Waals surface area (Å²) >= 11 is 0. The zero-order chi connectivity index (χ0) is 34.4. The Balaban J connectivity index is 1.74. The van der Waals surface area contributed by atoms with Gasteiger partial charge in [0.05, 0.1) is 24.3 Å². The number of cyclic esters (lactones) is 1. The van der Waals surface area contributed by atoms with E-state index in [1.54, 1.807) is 12.1 Å². The average molecular weight is 657 g/mol. The topological polar surface area (TPSA) is 96.4 Å². The van der Waals surface area contributed by atoms with E-state index >= 15 is 0 Å². The van der Waals surface area contributed by atoms with Crippen molar-refractivity contribution in [1.82, 2.24) is 9.80 Å². The molecule has 2 aliphatic rings. The van der Waals surface area contributed by atoms with E-state index in [1.165, 1.54) is 32.0 Å². The number of likely N-dealkylation sites (N-methyl/N-ethyl adjacent to an activating group) is 1. The first-order valence-electron chi connectivity index (χ1n) is 14.3. The highest BCUT2D eigenvalue weighted by Gasteiger charge is 2.44. The van der Waals surface area contributed by atoms with Gasteiger partial charge in [-0.15, -0.1) is 0 Å². The molecule has 2 aromatic carbocycles. The monoisotopic (exact) mass is 656 g/mol. The summed E-state index contributed by atoms with van der Waals surface area (Å²) in [6.07, 6.45) is -10.7. The highest BCUT2D eigenvalue weighted by Crippen LogP contribution is 2.46. The third-order valence-corrected chi connectivity index (χ3v) is 8.35. The predicted molar refractivity (Wildman–Crippen MR) is 154 cm³/mol. The Morgan fingerprint density at radius 2 is 1.67 bits per heavy atom. The number of allylic oxidation sites excluding steroid dienone is 1. The van der Waals surface area contributed by atoms with Crippen molar-refractivity contribution in [2.24, 2.45) is 5.41 Å². The minimum absolute atomic E-state index is 0.0234.